The first-order valence-electron chi connectivity index (χ1n) is 5.71. The third-order valence-corrected chi connectivity index (χ3v) is 2.76. The molecule has 0 fully saturated rings. The SMILES string of the molecule is COc1ccc(C(=O)C(C#N)C(C)C)c(OC)c1. The van der Waals surface area contributed by atoms with E-state index in [2.05, 4.69) is 0 Å². The van der Waals surface area contributed by atoms with E-state index in [0.29, 0.717) is 17.1 Å². The maximum Gasteiger partial charge on any atom is 0.183 e. The van der Waals surface area contributed by atoms with Crippen molar-refractivity contribution in [1.82, 2.24) is 0 Å². The predicted molar refractivity (Wildman–Crippen MR) is 67.8 cm³/mol. The number of ether oxygens (including phenoxy) is 2. The van der Waals surface area contributed by atoms with Crippen LogP contribution in [0.3, 0.4) is 0 Å². The summed E-state index contributed by atoms with van der Waals surface area (Å²) in [5, 5.41) is 9.06. The highest BCUT2D eigenvalue weighted by Crippen LogP contribution is 2.28. The molecule has 4 nitrogen and oxygen atoms in total. The van der Waals surface area contributed by atoms with Crippen LogP contribution in [0.2, 0.25) is 0 Å². The molecule has 0 aliphatic carbocycles. The molecule has 1 atom stereocenters. The lowest BCUT2D eigenvalue weighted by Crippen LogP contribution is -2.19. The van der Waals surface area contributed by atoms with E-state index in [4.69, 9.17) is 14.7 Å². The molecule has 0 bridgehead atoms. The number of carbonyl (C=O) groups is 1. The van der Waals surface area contributed by atoms with Crippen LogP contribution in [0.25, 0.3) is 0 Å². The minimum absolute atomic E-state index is 0.0330. The maximum atomic E-state index is 12.3. The number of rotatable bonds is 5. The molecule has 0 amide bonds. The summed E-state index contributed by atoms with van der Waals surface area (Å²) in [5.41, 5.74) is 0.415. The second-order valence-corrected chi connectivity index (χ2v) is 4.28. The van der Waals surface area contributed by atoms with E-state index in [9.17, 15) is 4.79 Å². The largest absolute Gasteiger partial charge is 0.497 e. The van der Waals surface area contributed by atoms with Crippen LogP contribution in [-0.4, -0.2) is 20.0 Å². The molecule has 0 saturated heterocycles. The number of hydrogen-bond acceptors (Lipinski definition) is 4. The van der Waals surface area contributed by atoms with Crippen LogP contribution in [-0.2, 0) is 0 Å². The van der Waals surface area contributed by atoms with Gasteiger partial charge in [-0.1, -0.05) is 13.8 Å². The highest BCUT2D eigenvalue weighted by molar-refractivity contribution is 6.02. The lowest BCUT2D eigenvalue weighted by Gasteiger charge is -2.14. The first-order valence-corrected chi connectivity index (χ1v) is 5.71. The number of Topliss-reactive ketones (excluding diaryl/α,β-unsaturated/α-hetero) is 1. The molecule has 4 heteroatoms. The quantitative estimate of drug-likeness (QED) is 0.750. The molecule has 0 N–H and O–H groups in total. The molecular formula is C14H17NO3. The van der Waals surface area contributed by atoms with Crippen molar-refractivity contribution in [2.45, 2.75) is 13.8 Å². The highest BCUT2D eigenvalue weighted by atomic mass is 16.5. The second kappa shape index (κ2) is 6.06. The third kappa shape index (κ3) is 2.80. The minimum atomic E-state index is -0.660. The van der Waals surface area contributed by atoms with E-state index in [-0.39, 0.29) is 11.7 Å². The normalized spacial score (nSPS) is 11.8. The molecule has 96 valence electrons. The van der Waals surface area contributed by atoms with Crippen molar-refractivity contribution >= 4 is 5.78 Å². The number of nitrogens with zero attached hydrogens (tertiary/aromatic N) is 1. The van der Waals surface area contributed by atoms with E-state index in [1.165, 1.54) is 7.11 Å². The average Bonchev–Trinajstić information content (AvgIpc) is 2.38. The van der Waals surface area contributed by atoms with E-state index in [1.807, 2.05) is 19.9 Å². The molecule has 18 heavy (non-hydrogen) atoms. The molecule has 1 unspecified atom stereocenters. The molecule has 0 heterocycles. The van der Waals surface area contributed by atoms with Crippen LogP contribution >= 0.6 is 0 Å². The molecule has 1 aromatic rings. The van der Waals surface area contributed by atoms with Gasteiger partial charge in [-0.2, -0.15) is 5.26 Å². The minimum Gasteiger partial charge on any atom is -0.497 e. The van der Waals surface area contributed by atoms with Gasteiger partial charge in [-0.25, -0.2) is 0 Å². The summed E-state index contributed by atoms with van der Waals surface area (Å²) in [4.78, 5) is 12.3. The first kappa shape index (κ1) is 14.0. The van der Waals surface area contributed by atoms with Gasteiger partial charge in [-0.05, 0) is 18.1 Å². The number of methoxy groups -OCH3 is 2. The van der Waals surface area contributed by atoms with Crippen molar-refractivity contribution in [3.8, 4) is 17.6 Å². The Morgan fingerprint density at radius 3 is 2.39 bits per heavy atom. The van der Waals surface area contributed by atoms with E-state index in [1.54, 1.807) is 25.3 Å². The third-order valence-electron chi connectivity index (χ3n) is 2.76. The number of nitriles is 1. The number of benzene rings is 1. The summed E-state index contributed by atoms with van der Waals surface area (Å²) in [6.07, 6.45) is 0. The summed E-state index contributed by atoms with van der Waals surface area (Å²) in [5.74, 6) is 0.135. The van der Waals surface area contributed by atoms with Crippen LogP contribution in [0.1, 0.15) is 24.2 Å². The Hall–Kier alpha value is -2.02. The fraction of sp³-hybridized carbons (Fsp3) is 0.429. The van der Waals surface area contributed by atoms with E-state index < -0.39 is 5.92 Å². The zero-order valence-electron chi connectivity index (χ0n) is 11.1. The van der Waals surface area contributed by atoms with Crippen molar-refractivity contribution in [2.75, 3.05) is 14.2 Å². The smallest absolute Gasteiger partial charge is 0.183 e. The Labute approximate surface area is 107 Å². The number of carbonyl (C=O) groups excluding carboxylic acids is 1. The Morgan fingerprint density at radius 2 is 1.94 bits per heavy atom. The molecular weight excluding hydrogens is 230 g/mol. The van der Waals surface area contributed by atoms with Gasteiger partial charge in [-0.15, -0.1) is 0 Å². The number of hydrogen-bond donors (Lipinski definition) is 0. The molecule has 0 aromatic heterocycles. The topological polar surface area (TPSA) is 59.3 Å². The van der Waals surface area contributed by atoms with Gasteiger partial charge in [0, 0.05) is 6.07 Å². The molecule has 1 aromatic carbocycles. The lowest BCUT2D eigenvalue weighted by molar-refractivity contribution is 0.0921. The van der Waals surface area contributed by atoms with Gasteiger partial charge < -0.3 is 9.47 Å². The van der Waals surface area contributed by atoms with Crippen LogP contribution in [0.4, 0.5) is 0 Å². The molecule has 0 spiro atoms. The fourth-order valence-corrected chi connectivity index (χ4v) is 1.68. The van der Waals surface area contributed by atoms with Gasteiger partial charge >= 0.3 is 0 Å². The first-order chi connectivity index (χ1) is 8.54. The highest BCUT2D eigenvalue weighted by Gasteiger charge is 2.25. The van der Waals surface area contributed by atoms with Gasteiger partial charge in [0.15, 0.2) is 5.78 Å². The Kier molecular flexibility index (Phi) is 4.73. The number of ketones is 1. The molecule has 0 radical (unpaired) electrons. The van der Waals surface area contributed by atoms with Crippen molar-refractivity contribution in [1.29, 1.82) is 5.26 Å². The van der Waals surface area contributed by atoms with E-state index in [0.717, 1.165) is 0 Å². The van der Waals surface area contributed by atoms with Crippen LogP contribution in [0, 0.1) is 23.2 Å². The molecule has 1 rings (SSSR count). The Morgan fingerprint density at radius 1 is 1.28 bits per heavy atom. The van der Waals surface area contributed by atoms with Crippen LogP contribution in [0.15, 0.2) is 18.2 Å². The van der Waals surface area contributed by atoms with Gasteiger partial charge in [0.1, 0.15) is 17.4 Å². The van der Waals surface area contributed by atoms with Crippen molar-refractivity contribution in [3.05, 3.63) is 23.8 Å². The van der Waals surface area contributed by atoms with Gasteiger partial charge in [0.25, 0.3) is 0 Å². The van der Waals surface area contributed by atoms with Crippen LogP contribution in [0.5, 0.6) is 11.5 Å². The lowest BCUT2D eigenvalue weighted by atomic mass is 9.89. The van der Waals surface area contributed by atoms with Crippen molar-refractivity contribution in [3.63, 3.8) is 0 Å². The zero-order chi connectivity index (χ0) is 13.7. The van der Waals surface area contributed by atoms with Crippen LogP contribution < -0.4 is 9.47 Å². The summed E-state index contributed by atoms with van der Waals surface area (Å²) < 4.78 is 10.2. The molecule has 0 aliphatic rings. The Balaban J connectivity index is 3.17. The predicted octanol–water partition coefficient (Wildman–Crippen LogP) is 2.68. The summed E-state index contributed by atoms with van der Waals surface area (Å²) >= 11 is 0. The summed E-state index contributed by atoms with van der Waals surface area (Å²) in [6, 6.07) is 7.00. The zero-order valence-corrected chi connectivity index (χ0v) is 11.1. The Bertz CT molecular complexity index is 474. The molecule has 0 aliphatic heterocycles. The summed E-state index contributed by atoms with van der Waals surface area (Å²) in [6.45, 7) is 3.70. The van der Waals surface area contributed by atoms with Gasteiger partial charge in [-0.3, -0.25) is 4.79 Å². The van der Waals surface area contributed by atoms with E-state index >= 15 is 0 Å². The average molecular weight is 247 g/mol. The van der Waals surface area contributed by atoms with Gasteiger partial charge in [0.2, 0.25) is 0 Å². The standard InChI is InChI=1S/C14H17NO3/c1-9(2)12(8-15)14(16)11-6-5-10(17-3)7-13(11)18-4/h5-7,9,12H,1-4H3. The second-order valence-electron chi connectivity index (χ2n) is 4.28. The monoisotopic (exact) mass is 247 g/mol. The molecule has 0 saturated carbocycles. The summed E-state index contributed by atoms with van der Waals surface area (Å²) in [7, 11) is 3.03. The van der Waals surface area contributed by atoms with Crippen molar-refractivity contribution in [2.24, 2.45) is 11.8 Å². The fourth-order valence-electron chi connectivity index (χ4n) is 1.68. The maximum absolute atomic E-state index is 12.3. The van der Waals surface area contributed by atoms with Gasteiger partial charge in [0.05, 0.1) is 25.9 Å². The van der Waals surface area contributed by atoms with Crippen molar-refractivity contribution < 1.29 is 14.3 Å².